The van der Waals surface area contributed by atoms with E-state index in [1.807, 2.05) is 0 Å². The quantitative estimate of drug-likeness (QED) is 0.491. The third-order valence-corrected chi connectivity index (χ3v) is 4.61. The highest BCUT2D eigenvalue weighted by Gasteiger charge is 2.24. The highest BCUT2D eigenvalue weighted by atomic mass is 35.5. The molecule has 0 unspecified atom stereocenters. The van der Waals surface area contributed by atoms with E-state index in [2.05, 4.69) is 5.32 Å². The van der Waals surface area contributed by atoms with Gasteiger partial charge in [0, 0.05) is 34.5 Å². The van der Waals surface area contributed by atoms with Gasteiger partial charge in [-0.3, -0.25) is 4.79 Å². The van der Waals surface area contributed by atoms with Crippen molar-refractivity contribution in [2.24, 2.45) is 0 Å². The number of halogens is 1. The standard InChI is InChI=1S/C21H18ClNO6/c1-27-15-7-8-16-13(10-19(24)29-18(16)11-15)9-17(21(26)28-2)23-20(25)12-3-5-14(22)6-4-12/h3-8,10-11,17H,9H2,1-2H3,(H,23,25)/t17-/m1/s1. The lowest BCUT2D eigenvalue weighted by Gasteiger charge is -2.17. The second-order valence-electron chi connectivity index (χ2n) is 6.21. The van der Waals surface area contributed by atoms with Gasteiger partial charge in [0.05, 0.1) is 14.2 Å². The minimum absolute atomic E-state index is 0.0421. The van der Waals surface area contributed by atoms with Gasteiger partial charge < -0.3 is 19.2 Å². The summed E-state index contributed by atoms with van der Waals surface area (Å²) < 4.78 is 15.2. The maximum Gasteiger partial charge on any atom is 0.336 e. The van der Waals surface area contributed by atoms with Gasteiger partial charge in [-0.1, -0.05) is 11.6 Å². The van der Waals surface area contributed by atoms with Crippen LogP contribution in [0, 0.1) is 0 Å². The van der Waals surface area contributed by atoms with Crippen LogP contribution in [0.25, 0.3) is 11.0 Å². The smallest absolute Gasteiger partial charge is 0.336 e. The molecular formula is C21H18ClNO6. The Hall–Kier alpha value is -3.32. The van der Waals surface area contributed by atoms with Crippen molar-refractivity contribution in [1.82, 2.24) is 5.32 Å². The number of nitrogens with one attached hydrogen (secondary N) is 1. The highest BCUT2D eigenvalue weighted by molar-refractivity contribution is 6.30. The second kappa shape index (κ2) is 8.79. The molecule has 0 fully saturated rings. The van der Waals surface area contributed by atoms with E-state index >= 15 is 0 Å². The molecule has 7 nitrogen and oxygen atoms in total. The number of methoxy groups -OCH3 is 2. The number of amides is 1. The average molecular weight is 416 g/mol. The normalized spacial score (nSPS) is 11.7. The lowest BCUT2D eigenvalue weighted by atomic mass is 10.0. The third kappa shape index (κ3) is 4.75. The molecule has 0 bridgehead atoms. The van der Waals surface area contributed by atoms with Gasteiger partial charge in [0.15, 0.2) is 0 Å². The van der Waals surface area contributed by atoms with E-state index in [1.165, 1.54) is 20.3 Å². The van der Waals surface area contributed by atoms with Crippen LogP contribution >= 0.6 is 11.6 Å². The van der Waals surface area contributed by atoms with E-state index in [4.69, 9.17) is 25.5 Å². The zero-order valence-corrected chi connectivity index (χ0v) is 16.5. The van der Waals surface area contributed by atoms with Gasteiger partial charge in [0.1, 0.15) is 17.4 Å². The van der Waals surface area contributed by atoms with Crippen LogP contribution in [0.5, 0.6) is 5.75 Å². The van der Waals surface area contributed by atoms with E-state index in [-0.39, 0.29) is 6.42 Å². The molecule has 0 saturated heterocycles. The minimum atomic E-state index is -1.00. The van der Waals surface area contributed by atoms with Crippen LogP contribution in [0.15, 0.2) is 57.7 Å². The van der Waals surface area contributed by atoms with Crippen molar-refractivity contribution in [3.05, 3.63) is 75.1 Å². The molecule has 1 heterocycles. The van der Waals surface area contributed by atoms with E-state index in [9.17, 15) is 14.4 Å². The Kier molecular flexibility index (Phi) is 6.19. The van der Waals surface area contributed by atoms with Crippen molar-refractivity contribution in [1.29, 1.82) is 0 Å². The number of benzene rings is 2. The van der Waals surface area contributed by atoms with Gasteiger partial charge in [0.25, 0.3) is 5.91 Å². The number of hydrogen-bond acceptors (Lipinski definition) is 6. The Balaban J connectivity index is 1.92. The maximum atomic E-state index is 12.5. The van der Waals surface area contributed by atoms with Crippen molar-refractivity contribution >= 4 is 34.4 Å². The fourth-order valence-corrected chi connectivity index (χ4v) is 3.03. The summed E-state index contributed by atoms with van der Waals surface area (Å²) in [6.45, 7) is 0. The highest BCUT2D eigenvalue weighted by Crippen LogP contribution is 2.23. The number of fused-ring (bicyclic) bond motifs is 1. The Bertz CT molecular complexity index is 1110. The number of ether oxygens (including phenoxy) is 2. The number of rotatable bonds is 6. The second-order valence-corrected chi connectivity index (χ2v) is 6.65. The third-order valence-electron chi connectivity index (χ3n) is 4.36. The van der Waals surface area contributed by atoms with E-state index < -0.39 is 23.5 Å². The molecular weight excluding hydrogens is 398 g/mol. The van der Waals surface area contributed by atoms with Crippen molar-refractivity contribution in [3.8, 4) is 5.75 Å². The molecule has 1 aromatic heterocycles. The molecule has 2 aromatic carbocycles. The van der Waals surface area contributed by atoms with Crippen molar-refractivity contribution in [2.45, 2.75) is 12.5 Å². The van der Waals surface area contributed by atoms with Crippen LogP contribution in [0.2, 0.25) is 5.02 Å². The van der Waals surface area contributed by atoms with Crippen LogP contribution in [0.1, 0.15) is 15.9 Å². The molecule has 1 N–H and O–H groups in total. The van der Waals surface area contributed by atoms with Gasteiger partial charge in [-0.05, 0) is 42.0 Å². The Morgan fingerprint density at radius 2 is 1.83 bits per heavy atom. The first kappa shape index (κ1) is 20.4. The lowest BCUT2D eigenvalue weighted by molar-refractivity contribution is -0.142. The Morgan fingerprint density at radius 3 is 2.48 bits per heavy atom. The topological polar surface area (TPSA) is 94.8 Å². The zero-order valence-electron chi connectivity index (χ0n) is 15.7. The summed E-state index contributed by atoms with van der Waals surface area (Å²) >= 11 is 5.84. The largest absolute Gasteiger partial charge is 0.497 e. The van der Waals surface area contributed by atoms with Crippen LogP contribution in [0.4, 0.5) is 0 Å². The number of carbonyl (C=O) groups is 2. The number of esters is 1. The van der Waals surface area contributed by atoms with Gasteiger partial charge >= 0.3 is 11.6 Å². The molecule has 0 radical (unpaired) electrons. The summed E-state index contributed by atoms with van der Waals surface area (Å²) in [6, 6.07) is 11.6. The molecule has 0 aliphatic rings. The first-order valence-corrected chi connectivity index (χ1v) is 9.04. The summed E-state index contributed by atoms with van der Waals surface area (Å²) in [5.74, 6) is -0.577. The van der Waals surface area contributed by atoms with Crippen LogP contribution in [-0.4, -0.2) is 32.1 Å². The molecule has 0 aliphatic carbocycles. The summed E-state index contributed by atoms with van der Waals surface area (Å²) in [5, 5.41) is 3.76. The molecule has 3 aromatic rings. The summed E-state index contributed by atoms with van der Waals surface area (Å²) in [6.07, 6.45) is 0.0421. The molecule has 1 amide bonds. The van der Waals surface area contributed by atoms with Gasteiger partial charge in [-0.15, -0.1) is 0 Å². The van der Waals surface area contributed by atoms with Crippen LogP contribution in [0.3, 0.4) is 0 Å². The predicted octanol–water partition coefficient (Wildman–Crippen LogP) is 2.97. The molecule has 29 heavy (non-hydrogen) atoms. The average Bonchev–Trinajstić information content (AvgIpc) is 2.72. The van der Waals surface area contributed by atoms with Gasteiger partial charge in [-0.25, -0.2) is 9.59 Å². The van der Waals surface area contributed by atoms with Gasteiger partial charge in [-0.2, -0.15) is 0 Å². The summed E-state index contributed by atoms with van der Waals surface area (Å²) in [4.78, 5) is 36.8. The van der Waals surface area contributed by atoms with E-state index in [0.717, 1.165) is 0 Å². The predicted molar refractivity (Wildman–Crippen MR) is 107 cm³/mol. The van der Waals surface area contributed by atoms with Crippen molar-refractivity contribution < 1.29 is 23.5 Å². The molecule has 3 rings (SSSR count). The van der Waals surface area contributed by atoms with Gasteiger partial charge in [0.2, 0.25) is 0 Å². The first-order chi connectivity index (χ1) is 13.9. The van der Waals surface area contributed by atoms with E-state index in [0.29, 0.717) is 32.9 Å². The Labute approximate surface area is 171 Å². The molecule has 150 valence electrons. The molecule has 0 spiro atoms. The summed E-state index contributed by atoms with van der Waals surface area (Å²) in [7, 11) is 2.73. The zero-order chi connectivity index (χ0) is 21.0. The first-order valence-electron chi connectivity index (χ1n) is 8.66. The molecule has 1 atom stereocenters. The van der Waals surface area contributed by atoms with Crippen molar-refractivity contribution in [2.75, 3.05) is 14.2 Å². The number of hydrogen-bond donors (Lipinski definition) is 1. The molecule has 8 heteroatoms. The van der Waals surface area contributed by atoms with Crippen molar-refractivity contribution in [3.63, 3.8) is 0 Å². The maximum absolute atomic E-state index is 12.5. The molecule has 0 saturated carbocycles. The monoisotopic (exact) mass is 415 g/mol. The van der Waals surface area contributed by atoms with E-state index in [1.54, 1.807) is 42.5 Å². The van der Waals surface area contributed by atoms with Crippen LogP contribution in [-0.2, 0) is 16.0 Å². The summed E-state index contributed by atoms with van der Waals surface area (Å²) in [5.41, 5.74) is 0.615. The SMILES string of the molecule is COC(=O)[C@@H](Cc1cc(=O)oc2cc(OC)ccc12)NC(=O)c1ccc(Cl)cc1. The molecule has 0 aliphatic heterocycles. The lowest BCUT2D eigenvalue weighted by Crippen LogP contribution is -2.43. The fraction of sp³-hybridized carbons (Fsp3) is 0.190. The minimum Gasteiger partial charge on any atom is -0.497 e. The Morgan fingerprint density at radius 1 is 1.10 bits per heavy atom. The van der Waals surface area contributed by atoms with Crippen LogP contribution < -0.4 is 15.7 Å². The fourth-order valence-electron chi connectivity index (χ4n) is 2.90. The number of carbonyl (C=O) groups excluding carboxylic acids is 2.